The molecule has 2 amide bonds. The van der Waals surface area contributed by atoms with Crippen LogP contribution in [0.2, 0.25) is 0 Å². The molecule has 1 aliphatic rings. The quantitative estimate of drug-likeness (QED) is 0.674. The van der Waals surface area contributed by atoms with Crippen LogP contribution >= 0.6 is 24.2 Å². The number of halogens is 1. The third-order valence-electron chi connectivity index (χ3n) is 4.05. The normalized spacial score (nSPS) is 13.9. The van der Waals surface area contributed by atoms with E-state index in [4.69, 9.17) is 5.73 Å². The summed E-state index contributed by atoms with van der Waals surface area (Å²) in [6.45, 7) is 2.30. The Morgan fingerprint density at radius 1 is 1.12 bits per heavy atom. The Bertz CT molecular complexity index is 551. The molecule has 0 bridgehead atoms. The van der Waals surface area contributed by atoms with Gasteiger partial charge in [0.25, 0.3) is 5.91 Å². The fourth-order valence-corrected chi connectivity index (χ4v) is 3.59. The molecule has 1 saturated heterocycles. The molecule has 1 aliphatic heterocycles. The summed E-state index contributed by atoms with van der Waals surface area (Å²) in [7, 11) is 0. The lowest BCUT2D eigenvalue weighted by Crippen LogP contribution is -2.37. The van der Waals surface area contributed by atoms with Gasteiger partial charge in [0.05, 0.1) is 0 Å². The van der Waals surface area contributed by atoms with Crippen LogP contribution in [0.1, 0.15) is 42.5 Å². The van der Waals surface area contributed by atoms with E-state index in [1.807, 2.05) is 34.9 Å². The maximum absolute atomic E-state index is 12.5. The first-order chi connectivity index (χ1) is 11.7. The molecule has 0 radical (unpaired) electrons. The van der Waals surface area contributed by atoms with E-state index < -0.39 is 0 Å². The number of unbranched alkanes of at least 4 members (excludes halogenated alkanes) is 3. The van der Waals surface area contributed by atoms with Crippen LogP contribution in [0.5, 0.6) is 0 Å². The third-order valence-corrected chi connectivity index (χ3v) is 4.99. The van der Waals surface area contributed by atoms with Crippen molar-refractivity contribution in [2.24, 2.45) is 5.73 Å². The highest BCUT2D eigenvalue weighted by Crippen LogP contribution is 2.16. The van der Waals surface area contributed by atoms with Crippen LogP contribution in [0, 0.1) is 0 Å². The SMILES string of the molecule is Cl.NCCCCCCC(=O)Nc1cccc(C(=O)N2CCSCC2)c1. The minimum Gasteiger partial charge on any atom is -0.337 e. The minimum atomic E-state index is 0. The molecule has 1 aromatic carbocycles. The number of anilines is 1. The Hall–Kier alpha value is -1.24. The fourth-order valence-electron chi connectivity index (χ4n) is 2.69. The van der Waals surface area contributed by atoms with Crippen molar-refractivity contribution in [1.29, 1.82) is 0 Å². The van der Waals surface area contributed by atoms with Crippen molar-refractivity contribution in [2.45, 2.75) is 32.1 Å². The highest BCUT2D eigenvalue weighted by atomic mass is 35.5. The molecular weight excluding hydrogens is 358 g/mol. The number of rotatable bonds is 8. The Labute approximate surface area is 160 Å². The number of nitrogens with zero attached hydrogens (tertiary/aromatic N) is 1. The van der Waals surface area contributed by atoms with Crippen LogP contribution < -0.4 is 11.1 Å². The summed E-state index contributed by atoms with van der Waals surface area (Å²) in [6, 6.07) is 7.24. The number of hydrogen-bond donors (Lipinski definition) is 2. The number of nitrogens with one attached hydrogen (secondary N) is 1. The van der Waals surface area contributed by atoms with Gasteiger partial charge in [0.15, 0.2) is 0 Å². The predicted octanol–water partition coefficient (Wildman–Crippen LogP) is 3.15. The second-order valence-corrected chi connectivity index (χ2v) is 7.21. The van der Waals surface area contributed by atoms with Crippen LogP contribution in [0.4, 0.5) is 5.69 Å². The molecule has 0 atom stereocenters. The van der Waals surface area contributed by atoms with Gasteiger partial charge in [-0.2, -0.15) is 11.8 Å². The summed E-state index contributed by atoms with van der Waals surface area (Å²) in [4.78, 5) is 26.4. The maximum Gasteiger partial charge on any atom is 0.253 e. The molecule has 7 heteroatoms. The lowest BCUT2D eigenvalue weighted by atomic mass is 10.1. The average molecular weight is 386 g/mol. The van der Waals surface area contributed by atoms with Crippen LogP contribution in [0.15, 0.2) is 24.3 Å². The van der Waals surface area contributed by atoms with Crippen molar-refractivity contribution >= 4 is 41.7 Å². The molecule has 0 aromatic heterocycles. The smallest absolute Gasteiger partial charge is 0.253 e. The van der Waals surface area contributed by atoms with E-state index >= 15 is 0 Å². The zero-order chi connectivity index (χ0) is 17.2. The van der Waals surface area contributed by atoms with Gasteiger partial charge in [0.1, 0.15) is 0 Å². The van der Waals surface area contributed by atoms with Crippen molar-refractivity contribution in [3.05, 3.63) is 29.8 Å². The molecule has 0 unspecified atom stereocenters. The average Bonchev–Trinajstić information content (AvgIpc) is 2.62. The Morgan fingerprint density at radius 3 is 2.56 bits per heavy atom. The maximum atomic E-state index is 12.5. The summed E-state index contributed by atoms with van der Waals surface area (Å²) < 4.78 is 0. The van der Waals surface area contributed by atoms with Gasteiger partial charge >= 0.3 is 0 Å². The summed E-state index contributed by atoms with van der Waals surface area (Å²) in [5.74, 6) is 2.04. The summed E-state index contributed by atoms with van der Waals surface area (Å²) in [5.41, 5.74) is 6.79. The number of benzene rings is 1. The zero-order valence-electron chi connectivity index (χ0n) is 14.5. The van der Waals surface area contributed by atoms with Gasteiger partial charge in [-0.1, -0.05) is 18.9 Å². The molecule has 1 fully saturated rings. The Balaban J connectivity index is 0.00000312. The van der Waals surface area contributed by atoms with E-state index in [9.17, 15) is 9.59 Å². The van der Waals surface area contributed by atoms with Gasteiger partial charge in [0.2, 0.25) is 5.91 Å². The van der Waals surface area contributed by atoms with Gasteiger partial charge in [0, 0.05) is 42.3 Å². The van der Waals surface area contributed by atoms with Crippen molar-refractivity contribution in [2.75, 3.05) is 36.5 Å². The molecule has 25 heavy (non-hydrogen) atoms. The number of carbonyl (C=O) groups is 2. The molecule has 5 nitrogen and oxygen atoms in total. The Kier molecular flexibility index (Phi) is 10.6. The third kappa shape index (κ3) is 7.67. The fraction of sp³-hybridized carbons (Fsp3) is 0.556. The van der Waals surface area contributed by atoms with E-state index in [0.29, 0.717) is 24.2 Å². The summed E-state index contributed by atoms with van der Waals surface area (Å²) in [6.07, 6.45) is 4.49. The van der Waals surface area contributed by atoms with Crippen molar-refractivity contribution in [1.82, 2.24) is 4.90 Å². The van der Waals surface area contributed by atoms with Crippen molar-refractivity contribution in [3.63, 3.8) is 0 Å². The lowest BCUT2D eigenvalue weighted by Gasteiger charge is -2.26. The van der Waals surface area contributed by atoms with Crippen LogP contribution in [-0.4, -0.2) is 47.9 Å². The highest BCUT2D eigenvalue weighted by molar-refractivity contribution is 7.99. The number of thioether (sulfide) groups is 1. The van der Waals surface area contributed by atoms with Gasteiger partial charge in [-0.15, -0.1) is 12.4 Å². The van der Waals surface area contributed by atoms with E-state index in [1.54, 1.807) is 6.07 Å². The number of carbonyl (C=O) groups excluding carboxylic acids is 2. The minimum absolute atomic E-state index is 0. The van der Waals surface area contributed by atoms with Crippen LogP contribution in [0.25, 0.3) is 0 Å². The van der Waals surface area contributed by atoms with Crippen LogP contribution in [0.3, 0.4) is 0 Å². The van der Waals surface area contributed by atoms with Crippen molar-refractivity contribution < 1.29 is 9.59 Å². The molecule has 3 N–H and O–H groups in total. The molecule has 2 rings (SSSR count). The number of amides is 2. The monoisotopic (exact) mass is 385 g/mol. The second kappa shape index (κ2) is 12.2. The molecule has 140 valence electrons. The lowest BCUT2D eigenvalue weighted by molar-refractivity contribution is -0.116. The summed E-state index contributed by atoms with van der Waals surface area (Å²) >= 11 is 1.88. The van der Waals surface area contributed by atoms with Gasteiger partial charge in [-0.3, -0.25) is 9.59 Å². The van der Waals surface area contributed by atoms with Gasteiger partial charge < -0.3 is 16.0 Å². The number of hydrogen-bond acceptors (Lipinski definition) is 4. The van der Waals surface area contributed by atoms with Crippen LogP contribution in [-0.2, 0) is 4.79 Å². The van der Waals surface area contributed by atoms with Crippen molar-refractivity contribution in [3.8, 4) is 0 Å². The first-order valence-electron chi connectivity index (χ1n) is 8.67. The molecule has 1 heterocycles. The van der Waals surface area contributed by atoms with Gasteiger partial charge in [-0.25, -0.2) is 0 Å². The second-order valence-electron chi connectivity index (χ2n) is 5.99. The molecule has 0 saturated carbocycles. The highest BCUT2D eigenvalue weighted by Gasteiger charge is 2.18. The zero-order valence-corrected chi connectivity index (χ0v) is 16.2. The van der Waals surface area contributed by atoms with E-state index in [2.05, 4.69) is 5.32 Å². The Morgan fingerprint density at radius 2 is 1.84 bits per heavy atom. The van der Waals surface area contributed by atoms with E-state index in [1.165, 1.54) is 0 Å². The first kappa shape index (κ1) is 21.8. The molecule has 0 aliphatic carbocycles. The molecule has 1 aromatic rings. The summed E-state index contributed by atoms with van der Waals surface area (Å²) in [5, 5.41) is 2.89. The predicted molar refractivity (Wildman–Crippen MR) is 108 cm³/mol. The van der Waals surface area contributed by atoms with Gasteiger partial charge in [-0.05, 0) is 37.6 Å². The van der Waals surface area contributed by atoms with E-state index in [-0.39, 0.29) is 24.2 Å². The molecule has 0 spiro atoms. The standard InChI is InChI=1S/C18H27N3O2S.ClH/c19-9-4-2-1-3-8-17(22)20-16-7-5-6-15(14-16)18(23)21-10-12-24-13-11-21;/h5-7,14H,1-4,8-13,19H2,(H,20,22);1H. The number of nitrogens with two attached hydrogens (primary N) is 1. The molecular formula is C18H28ClN3O2S. The topological polar surface area (TPSA) is 75.4 Å². The van der Waals surface area contributed by atoms with E-state index in [0.717, 1.165) is 50.3 Å². The largest absolute Gasteiger partial charge is 0.337 e. The first-order valence-corrected chi connectivity index (χ1v) is 9.83.